The molecule has 2 aliphatic rings. The molecule has 5 heteroatoms. The number of para-hydroxylation sites is 1. The molecule has 0 radical (unpaired) electrons. The van der Waals surface area contributed by atoms with Gasteiger partial charge in [0.05, 0.1) is 28.1 Å². The van der Waals surface area contributed by atoms with Crippen LogP contribution in [-0.2, 0) is 5.41 Å². The van der Waals surface area contributed by atoms with E-state index in [0.29, 0.717) is 11.8 Å². The molecule has 9 rings (SSSR count). The molecule has 3 aromatic heterocycles. The van der Waals surface area contributed by atoms with Crippen LogP contribution in [0.1, 0.15) is 130 Å². The van der Waals surface area contributed by atoms with Crippen LogP contribution in [0.2, 0.25) is 0 Å². The molecule has 0 aliphatic heterocycles. The molecule has 2 fully saturated rings. The van der Waals surface area contributed by atoms with Gasteiger partial charge in [0.2, 0.25) is 0 Å². The van der Waals surface area contributed by atoms with E-state index in [1.54, 1.807) is 0 Å². The van der Waals surface area contributed by atoms with Crippen LogP contribution in [0.15, 0.2) is 97.2 Å². The Balaban J connectivity index is 1.18. The van der Waals surface area contributed by atoms with E-state index in [9.17, 15) is 0 Å². The molecule has 7 aromatic rings. The summed E-state index contributed by atoms with van der Waals surface area (Å²) in [4.78, 5) is 4.90. The molecule has 0 N–H and O–H groups in total. The predicted molar refractivity (Wildman–Crippen MR) is 232 cm³/mol. The van der Waals surface area contributed by atoms with Crippen LogP contribution in [0.3, 0.4) is 0 Å². The van der Waals surface area contributed by atoms with Crippen molar-refractivity contribution >= 4 is 21.8 Å². The zero-order valence-corrected chi connectivity index (χ0v) is 34.2. The maximum Gasteiger partial charge on any atom is 0.137 e. The van der Waals surface area contributed by atoms with E-state index in [2.05, 4.69) is 142 Å². The number of aromatic nitrogens is 4. The molecule has 0 atom stereocenters. The SMILES string of the molecule is Cc1cc(Oc2ccc3c4ccccc4n(-c4cc(C(C)(C)C)ccn4)c3c2)cc(-n2nc(C3CCCCC3)c(-c3c(C)cccc3C)c2C2CCCCC2)c1. The highest BCUT2D eigenvalue weighted by Gasteiger charge is 2.33. The Morgan fingerprint density at radius 2 is 1.32 bits per heavy atom. The van der Waals surface area contributed by atoms with Crippen molar-refractivity contribution in [3.63, 3.8) is 0 Å². The number of hydrogen-bond acceptors (Lipinski definition) is 3. The average molecular weight is 741 g/mol. The van der Waals surface area contributed by atoms with Crippen molar-refractivity contribution in [3.05, 3.63) is 131 Å². The lowest BCUT2D eigenvalue weighted by Gasteiger charge is -2.26. The first-order chi connectivity index (χ1) is 27.1. The third-order valence-corrected chi connectivity index (χ3v) is 12.7. The highest BCUT2D eigenvalue weighted by molar-refractivity contribution is 6.09. The molecule has 2 aliphatic carbocycles. The van der Waals surface area contributed by atoms with Gasteiger partial charge in [0, 0.05) is 46.5 Å². The molecule has 0 spiro atoms. The minimum absolute atomic E-state index is 0.00963. The Kier molecular flexibility index (Phi) is 9.59. The van der Waals surface area contributed by atoms with Gasteiger partial charge < -0.3 is 4.74 Å². The van der Waals surface area contributed by atoms with Gasteiger partial charge >= 0.3 is 0 Å². The van der Waals surface area contributed by atoms with Crippen molar-refractivity contribution in [3.8, 4) is 34.1 Å². The van der Waals surface area contributed by atoms with E-state index in [4.69, 9.17) is 14.8 Å². The van der Waals surface area contributed by atoms with Gasteiger partial charge in [-0.15, -0.1) is 0 Å². The molecule has 286 valence electrons. The predicted octanol–water partition coefficient (Wildman–Crippen LogP) is 14.1. The highest BCUT2D eigenvalue weighted by Crippen LogP contribution is 2.47. The smallest absolute Gasteiger partial charge is 0.137 e. The van der Waals surface area contributed by atoms with Crippen LogP contribution in [-0.4, -0.2) is 19.3 Å². The van der Waals surface area contributed by atoms with Crippen LogP contribution in [0, 0.1) is 20.8 Å². The summed E-state index contributed by atoms with van der Waals surface area (Å²) in [5, 5.41) is 8.10. The Morgan fingerprint density at radius 3 is 2.05 bits per heavy atom. The summed E-state index contributed by atoms with van der Waals surface area (Å²) >= 11 is 0. The molecule has 4 aromatic carbocycles. The van der Waals surface area contributed by atoms with Crippen molar-refractivity contribution in [2.45, 2.75) is 123 Å². The van der Waals surface area contributed by atoms with E-state index in [0.717, 1.165) is 39.6 Å². The monoisotopic (exact) mass is 740 g/mol. The Bertz CT molecular complexity index is 2530. The summed E-state index contributed by atoms with van der Waals surface area (Å²) in [6.45, 7) is 13.5. The van der Waals surface area contributed by atoms with Crippen LogP contribution in [0.5, 0.6) is 11.5 Å². The van der Waals surface area contributed by atoms with Gasteiger partial charge in [0.25, 0.3) is 0 Å². The minimum atomic E-state index is 0.00963. The van der Waals surface area contributed by atoms with Crippen molar-refractivity contribution in [1.82, 2.24) is 19.3 Å². The second kappa shape index (κ2) is 14.7. The van der Waals surface area contributed by atoms with E-state index < -0.39 is 0 Å². The molecule has 5 nitrogen and oxygen atoms in total. The van der Waals surface area contributed by atoms with Gasteiger partial charge in [-0.25, -0.2) is 9.67 Å². The zero-order chi connectivity index (χ0) is 38.6. The van der Waals surface area contributed by atoms with Crippen LogP contribution in [0.4, 0.5) is 0 Å². The Labute approximate surface area is 332 Å². The van der Waals surface area contributed by atoms with Crippen LogP contribution in [0.25, 0.3) is 44.4 Å². The maximum absolute atomic E-state index is 6.88. The van der Waals surface area contributed by atoms with Crippen molar-refractivity contribution in [2.75, 3.05) is 0 Å². The molecule has 0 unspecified atom stereocenters. The van der Waals surface area contributed by atoms with E-state index in [-0.39, 0.29) is 5.41 Å². The lowest BCUT2D eigenvalue weighted by atomic mass is 9.79. The van der Waals surface area contributed by atoms with Gasteiger partial charge in [0.1, 0.15) is 17.3 Å². The number of fused-ring (bicyclic) bond motifs is 3. The van der Waals surface area contributed by atoms with Crippen LogP contribution >= 0.6 is 0 Å². The topological polar surface area (TPSA) is 44.9 Å². The third-order valence-electron chi connectivity index (χ3n) is 12.7. The summed E-state index contributed by atoms with van der Waals surface area (Å²) in [6.07, 6.45) is 14.6. The Morgan fingerprint density at radius 1 is 0.625 bits per heavy atom. The number of rotatable bonds is 7. The fourth-order valence-corrected chi connectivity index (χ4v) is 9.84. The molecular formula is C51H56N4O. The second-order valence-electron chi connectivity index (χ2n) is 17.8. The molecule has 3 heterocycles. The number of hydrogen-bond donors (Lipinski definition) is 0. The lowest BCUT2D eigenvalue weighted by Crippen LogP contribution is -2.12. The number of pyridine rings is 1. The van der Waals surface area contributed by atoms with Gasteiger partial charge in [-0.1, -0.05) is 95.7 Å². The molecule has 0 amide bonds. The normalized spacial score (nSPS) is 15.9. The van der Waals surface area contributed by atoms with Crippen molar-refractivity contribution in [1.29, 1.82) is 0 Å². The lowest BCUT2D eigenvalue weighted by molar-refractivity contribution is 0.428. The first kappa shape index (κ1) is 36.5. The zero-order valence-electron chi connectivity index (χ0n) is 34.2. The number of nitrogens with zero attached hydrogens (tertiary/aromatic N) is 4. The van der Waals surface area contributed by atoms with Gasteiger partial charge in [0.15, 0.2) is 0 Å². The number of ether oxygens (including phenoxy) is 1. The van der Waals surface area contributed by atoms with Crippen molar-refractivity contribution in [2.24, 2.45) is 0 Å². The first-order valence-electron chi connectivity index (χ1n) is 21.1. The second-order valence-corrected chi connectivity index (χ2v) is 17.8. The first-order valence-corrected chi connectivity index (χ1v) is 21.1. The van der Waals surface area contributed by atoms with Crippen molar-refractivity contribution < 1.29 is 4.74 Å². The standard InChI is InChI=1S/C51H56N4O/c1-33-28-39(55-50(37-20-11-8-12-21-37)48(47-34(2)16-15-17-35(47)3)49(53-55)36-18-9-7-10-19-36)31-41(29-33)56-40-24-25-43-42-22-13-14-23-44(42)54(45(43)32-40)46-30-38(26-27-52-46)51(4,5)6/h13-17,22-32,36-37H,7-12,18-21H2,1-6H3. The summed E-state index contributed by atoms with van der Waals surface area (Å²) < 4.78 is 11.5. The Hall–Kier alpha value is -5.16. The van der Waals surface area contributed by atoms with E-state index in [1.807, 2.05) is 6.20 Å². The fraction of sp³-hybridized carbons (Fsp3) is 0.373. The van der Waals surface area contributed by atoms with Crippen LogP contribution < -0.4 is 4.74 Å². The summed E-state index contributed by atoms with van der Waals surface area (Å²) in [7, 11) is 0. The largest absolute Gasteiger partial charge is 0.457 e. The molecule has 0 saturated heterocycles. The van der Waals surface area contributed by atoms with Gasteiger partial charge in [-0.3, -0.25) is 4.57 Å². The van der Waals surface area contributed by atoms with Gasteiger partial charge in [-0.05, 0) is 122 Å². The summed E-state index contributed by atoms with van der Waals surface area (Å²) in [5.41, 5.74) is 14.0. The van der Waals surface area contributed by atoms with E-state index in [1.165, 1.54) is 114 Å². The van der Waals surface area contributed by atoms with Gasteiger partial charge in [-0.2, -0.15) is 5.10 Å². The molecule has 56 heavy (non-hydrogen) atoms. The molecule has 0 bridgehead atoms. The van der Waals surface area contributed by atoms with E-state index >= 15 is 0 Å². The summed E-state index contributed by atoms with van der Waals surface area (Å²) in [6, 6.07) is 33.0. The minimum Gasteiger partial charge on any atom is -0.457 e. The fourth-order valence-electron chi connectivity index (χ4n) is 9.84. The summed E-state index contributed by atoms with van der Waals surface area (Å²) in [5.74, 6) is 3.51. The molecule has 2 saturated carbocycles. The average Bonchev–Trinajstić information content (AvgIpc) is 3.74. The number of benzene rings is 4. The molecular weight excluding hydrogens is 685 g/mol. The third kappa shape index (κ3) is 6.73. The highest BCUT2D eigenvalue weighted by atomic mass is 16.5. The number of aryl methyl sites for hydroxylation is 3. The quantitative estimate of drug-likeness (QED) is 0.163. The maximum atomic E-state index is 6.88.